The Hall–Kier alpha value is -2.48. The van der Waals surface area contributed by atoms with E-state index < -0.39 is 12.2 Å². The Labute approximate surface area is 129 Å². The van der Waals surface area contributed by atoms with Crippen LogP contribution >= 0.6 is 0 Å². The van der Waals surface area contributed by atoms with Crippen molar-refractivity contribution in [2.24, 2.45) is 0 Å². The van der Waals surface area contributed by atoms with Gasteiger partial charge in [0.05, 0.1) is 14.2 Å². The van der Waals surface area contributed by atoms with Crippen LogP contribution in [0.3, 0.4) is 0 Å². The highest BCUT2D eigenvalue weighted by atomic mass is 16.5. The number of ether oxygens (including phenoxy) is 2. The van der Waals surface area contributed by atoms with Gasteiger partial charge in [0.1, 0.15) is 12.2 Å². The van der Waals surface area contributed by atoms with Gasteiger partial charge in [0.25, 0.3) is 0 Å². The van der Waals surface area contributed by atoms with Crippen LogP contribution in [0.15, 0.2) is 48.5 Å². The van der Waals surface area contributed by atoms with Crippen LogP contribution in [0.25, 0.3) is 0 Å². The van der Waals surface area contributed by atoms with Crippen LogP contribution in [-0.4, -0.2) is 24.4 Å². The highest BCUT2D eigenvalue weighted by Gasteiger charge is 2.10. The van der Waals surface area contributed by atoms with E-state index in [0.717, 1.165) is 0 Å². The monoisotopic (exact) mass is 298 g/mol. The van der Waals surface area contributed by atoms with Gasteiger partial charge in [-0.05, 0) is 23.3 Å². The summed E-state index contributed by atoms with van der Waals surface area (Å²) in [6.07, 6.45) is -1.95. The fraction of sp³-hybridized carbons (Fsp3) is 0.222. The van der Waals surface area contributed by atoms with Crippen LogP contribution in [0.4, 0.5) is 0 Å². The zero-order chi connectivity index (χ0) is 15.9. The van der Waals surface area contributed by atoms with Gasteiger partial charge in [0.2, 0.25) is 0 Å². The summed E-state index contributed by atoms with van der Waals surface area (Å²) in [5, 5.41) is 20.1. The number of hydrogen-bond acceptors (Lipinski definition) is 4. The number of aliphatic hydroxyl groups is 2. The molecule has 4 heteroatoms. The van der Waals surface area contributed by atoms with Crippen LogP contribution in [0.1, 0.15) is 23.3 Å². The first-order valence-electron chi connectivity index (χ1n) is 6.79. The number of methoxy groups -OCH3 is 2. The van der Waals surface area contributed by atoms with Crippen LogP contribution in [0, 0.1) is 11.8 Å². The molecule has 0 amide bonds. The van der Waals surface area contributed by atoms with Gasteiger partial charge < -0.3 is 19.7 Å². The van der Waals surface area contributed by atoms with Crippen molar-refractivity contribution in [1.82, 2.24) is 0 Å². The van der Waals surface area contributed by atoms with E-state index >= 15 is 0 Å². The fourth-order valence-corrected chi connectivity index (χ4v) is 1.98. The zero-order valence-electron chi connectivity index (χ0n) is 12.5. The van der Waals surface area contributed by atoms with Crippen LogP contribution < -0.4 is 9.47 Å². The molecule has 0 saturated heterocycles. The largest absolute Gasteiger partial charge is 0.493 e. The minimum Gasteiger partial charge on any atom is -0.493 e. The molecule has 0 aliphatic rings. The Morgan fingerprint density at radius 2 is 1.36 bits per heavy atom. The Morgan fingerprint density at radius 1 is 0.773 bits per heavy atom. The van der Waals surface area contributed by atoms with Gasteiger partial charge in [-0.2, -0.15) is 0 Å². The Kier molecular flexibility index (Phi) is 5.42. The van der Waals surface area contributed by atoms with Crippen molar-refractivity contribution >= 4 is 0 Å². The van der Waals surface area contributed by atoms with E-state index in [1.807, 2.05) is 18.2 Å². The number of benzene rings is 2. The predicted molar refractivity (Wildman–Crippen MR) is 83.7 cm³/mol. The average Bonchev–Trinajstić information content (AvgIpc) is 2.59. The summed E-state index contributed by atoms with van der Waals surface area (Å²) in [6.45, 7) is 0. The maximum Gasteiger partial charge on any atom is 0.161 e. The second-order valence-electron chi connectivity index (χ2n) is 4.62. The standard InChI is InChI=1S/C18H18O4/c1-21-17-11-8-14(12-18(17)22-2)16(20)10-9-15(19)13-6-4-3-5-7-13/h3-8,11-12,15-16,19-20H,1-2H3. The quantitative estimate of drug-likeness (QED) is 0.851. The lowest BCUT2D eigenvalue weighted by Crippen LogP contribution is -1.98. The summed E-state index contributed by atoms with van der Waals surface area (Å²) in [7, 11) is 3.07. The van der Waals surface area contributed by atoms with Gasteiger partial charge in [-0.3, -0.25) is 0 Å². The van der Waals surface area contributed by atoms with Crippen LogP contribution in [0.5, 0.6) is 11.5 Å². The molecule has 0 aromatic heterocycles. The molecule has 2 unspecified atom stereocenters. The van der Waals surface area contributed by atoms with Crippen LogP contribution in [0.2, 0.25) is 0 Å². The molecular formula is C18H18O4. The van der Waals surface area contributed by atoms with E-state index in [9.17, 15) is 10.2 Å². The van der Waals surface area contributed by atoms with Gasteiger partial charge in [0.15, 0.2) is 11.5 Å². The third kappa shape index (κ3) is 3.79. The minimum absolute atomic E-state index is 0.518. The number of hydrogen-bond donors (Lipinski definition) is 2. The molecule has 0 bridgehead atoms. The van der Waals surface area contributed by atoms with Crippen molar-refractivity contribution in [2.75, 3.05) is 14.2 Å². The molecule has 2 aromatic carbocycles. The minimum atomic E-state index is -1.02. The lowest BCUT2D eigenvalue weighted by molar-refractivity contribution is 0.227. The normalized spacial score (nSPS) is 12.7. The molecule has 2 N–H and O–H groups in total. The third-order valence-electron chi connectivity index (χ3n) is 3.20. The molecule has 0 radical (unpaired) electrons. The molecule has 114 valence electrons. The maximum atomic E-state index is 10.1. The first-order chi connectivity index (χ1) is 10.7. The smallest absolute Gasteiger partial charge is 0.161 e. The molecule has 0 aliphatic carbocycles. The number of rotatable bonds is 4. The summed E-state index contributed by atoms with van der Waals surface area (Å²) >= 11 is 0. The Bertz CT molecular complexity index is 670. The van der Waals surface area contributed by atoms with E-state index in [4.69, 9.17) is 9.47 Å². The van der Waals surface area contributed by atoms with Crippen molar-refractivity contribution in [3.63, 3.8) is 0 Å². The van der Waals surface area contributed by atoms with E-state index in [1.54, 1.807) is 37.4 Å². The Balaban J connectivity index is 2.16. The topological polar surface area (TPSA) is 58.9 Å². The first-order valence-corrected chi connectivity index (χ1v) is 6.79. The zero-order valence-corrected chi connectivity index (χ0v) is 12.5. The molecular weight excluding hydrogens is 280 g/mol. The lowest BCUT2D eigenvalue weighted by atomic mass is 10.1. The molecule has 0 saturated carbocycles. The summed E-state index contributed by atoms with van der Waals surface area (Å²) in [5.41, 5.74) is 1.26. The van der Waals surface area contributed by atoms with Crippen molar-refractivity contribution < 1.29 is 19.7 Å². The Morgan fingerprint density at radius 3 is 1.95 bits per heavy atom. The van der Waals surface area contributed by atoms with Crippen LogP contribution in [-0.2, 0) is 0 Å². The van der Waals surface area contributed by atoms with E-state index in [1.165, 1.54) is 7.11 Å². The van der Waals surface area contributed by atoms with E-state index in [0.29, 0.717) is 22.6 Å². The molecule has 0 fully saturated rings. The molecule has 2 atom stereocenters. The van der Waals surface area contributed by atoms with E-state index in [2.05, 4.69) is 11.8 Å². The lowest BCUT2D eigenvalue weighted by Gasteiger charge is -2.10. The second-order valence-corrected chi connectivity index (χ2v) is 4.62. The summed E-state index contributed by atoms with van der Waals surface area (Å²) < 4.78 is 10.3. The molecule has 2 rings (SSSR count). The summed E-state index contributed by atoms with van der Waals surface area (Å²) in [5.74, 6) is 6.39. The molecule has 0 spiro atoms. The summed E-state index contributed by atoms with van der Waals surface area (Å²) in [6, 6.07) is 14.1. The van der Waals surface area contributed by atoms with Gasteiger partial charge in [-0.25, -0.2) is 0 Å². The van der Waals surface area contributed by atoms with E-state index in [-0.39, 0.29) is 0 Å². The van der Waals surface area contributed by atoms with Gasteiger partial charge in [0, 0.05) is 0 Å². The van der Waals surface area contributed by atoms with Crippen molar-refractivity contribution in [3.8, 4) is 23.3 Å². The first kappa shape index (κ1) is 15.9. The predicted octanol–water partition coefficient (Wildman–Crippen LogP) is 2.47. The highest BCUT2D eigenvalue weighted by Crippen LogP contribution is 2.29. The van der Waals surface area contributed by atoms with Gasteiger partial charge in [-0.15, -0.1) is 0 Å². The SMILES string of the molecule is COc1ccc(C(O)C#CC(O)c2ccccc2)cc1OC. The molecule has 2 aromatic rings. The number of aliphatic hydroxyl groups excluding tert-OH is 2. The third-order valence-corrected chi connectivity index (χ3v) is 3.20. The van der Waals surface area contributed by atoms with Gasteiger partial charge >= 0.3 is 0 Å². The summed E-state index contributed by atoms with van der Waals surface area (Å²) in [4.78, 5) is 0. The van der Waals surface area contributed by atoms with Gasteiger partial charge in [-0.1, -0.05) is 48.2 Å². The van der Waals surface area contributed by atoms with Crippen molar-refractivity contribution in [1.29, 1.82) is 0 Å². The maximum absolute atomic E-state index is 10.1. The second kappa shape index (κ2) is 7.51. The molecule has 22 heavy (non-hydrogen) atoms. The highest BCUT2D eigenvalue weighted by molar-refractivity contribution is 5.44. The molecule has 4 nitrogen and oxygen atoms in total. The average molecular weight is 298 g/mol. The fourth-order valence-electron chi connectivity index (χ4n) is 1.98. The van der Waals surface area contributed by atoms with Crippen molar-refractivity contribution in [2.45, 2.75) is 12.2 Å². The molecule has 0 heterocycles. The van der Waals surface area contributed by atoms with Crippen molar-refractivity contribution in [3.05, 3.63) is 59.7 Å². The molecule has 0 aliphatic heterocycles.